The molecule has 2 heterocycles. The van der Waals surface area contributed by atoms with E-state index in [2.05, 4.69) is 25.9 Å². The van der Waals surface area contributed by atoms with Crippen LogP contribution < -0.4 is 37.9 Å². The van der Waals surface area contributed by atoms with Gasteiger partial charge in [0.05, 0.1) is 6.04 Å². The Hall–Kier alpha value is -5.72. The summed E-state index contributed by atoms with van der Waals surface area (Å²) < 4.78 is 0. The second-order valence-electron chi connectivity index (χ2n) is 9.33. The number of carboxylic acid groups (broad SMARTS) is 4. The van der Waals surface area contributed by atoms with Gasteiger partial charge in [0.15, 0.2) is 11.5 Å². The number of nitrogen functional groups attached to an aromatic ring is 1. The highest BCUT2D eigenvalue weighted by Gasteiger charge is 2.30. The summed E-state index contributed by atoms with van der Waals surface area (Å²) in [5, 5.41) is 42.5. The molecule has 0 fully saturated rings. The normalized spacial score (nSPS) is 14.8. The van der Waals surface area contributed by atoms with Crippen molar-refractivity contribution in [3.05, 3.63) is 40.2 Å². The summed E-state index contributed by atoms with van der Waals surface area (Å²) in [4.78, 5) is 85.6. The second kappa shape index (κ2) is 16.1. The lowest BCUT2D eigenvalue weighted by Crippen LogP contribution is -2.50. The molecule has 3 unspecified atom stereocenters. The Morgan fingerprint density at radius 2 is 1.64 bits per heavy atom. The standard InChI is InChI=1S/C20H23N7O7.C5H9NO4/c21-20-25-16-15(18(32)26-20)27(9-28)12(8-23-16)7-22-11-3-1-10(2-4-11)17(31)24-13(19(33)34)5-6-14(29)30;6-3(5(9)10)1-2-4(7)8/h1-4,9,12-13,22H,5-8H2,(H,24,31)(H,29,30)(H,33,34)(H4,21,23,25,26,32);3H,1-2,6H2,(H,7,8)(H,9,10). The van der Waals surface area contributed by atoms with Crippen LogP contribution in [0.1, 0.15) is 36.0 Å². The monoisotopic (exact) mass is 620 g/mol. The molecule has 19 heteroatoms. The zero-order chi connectivity index (χ0) is 33.0. The summed E-state index contributed by atoms with van der Waals surface area (Å²) in [5.74, 6) is -5.20. The van der Waals surface area contributed by atoms with Crippen LogP contribution in [0.5, 0.6) is 0 Å². The van der Waals surface area contributed by atoms with Gasteiger partial charge in [-0.25, -0.2) is 4.79 Å². The van der Waals surface area contributed by atoms with Crippen LogP contribution in [0.4, 0.5) is 23.1 Å². The number of amides is 2. The fourth-order valence-electron chi connectivity index (χ4n) is 3.80. The van der Waals surface area contributed by atoms with Crippen molar-refractivity contribution in [1.82, 2.24) is 15.3 Å². The molecule has 0 spiro atoms. The Morgan fingerprint density at radius 1 is 1.02 bits per heavy atom. The average molecular weight is 621 g/mol. The molecule has 0 bridgehead atoms. The molecule has 1 aliphatic heterocycles. The van der Waals surface area contributed by atoms with Crippen molar-refractivity contribution in [2.45, 2.75) is 43.8 Å². The minimum atomic E-state index is -1.33. The molecule has 1 aromatic carbocycles. The highest BCUT2D eigenvalue weighted by atomic mass is 16.4. The topological polar surface area (TPSA) is 320 Å². The number of fused-ring (bicyclic) bond motifs is 1. The highest BCUT2D eigenvalue weighted by molar-refractivity contribution is 5.97. The first-order valence-corrected chi connectivity index (χ1v) is 12.9. The van der Waals surface area contributed by atoms with Crippen molar-refractivity contribution in [2.75, 3.05) is 34.4 Å². The van der Waals surface area contributed by atoms with Crippen molar-refractivity contribution < 1.29 is 49.2 Å². The maximum atomic E-state index is 12.3. The molecule has 2 amide bonds. The lowest BCUT2D eigenvalue weighted by molar-refractivity contribution is -0.142. The number of carboxylic acids is 4. The fraction of sp³-hybridized carbons (Fsp3) is 0.360. The lowest BCUT2D eigenvalue weighted by atomic mass is 10.1. The minimum absolute atomic E-state index is 0.0231. The van der Waals surface area contributed by atoms with Crippen LogP contribution >= 0.6 is 0 Å². The predicted octanol–water partition coefficient (Wildman–Crippen LogP) is -1.47. The van der Waals surface area contributed by atoms with E-state index >= 15 is 0 Å². The summed E-state index contributed by atoms with van der Waals surface area (Å²) in [6.45, 7) is 0.568. The van der Waals surface area contributed by atoms with Gasteiger partial charge in [0.1, 0.15) is 12.1 Å². The Labute approximate surface area is 248 Å². The van der Waals surface area contributed by atoms with Crippen LogP contribution in [-0.2, 0) is 24.0 Å². The zero-order valence-corrected chi connectivity index (χ0v) is 23.1. The van der Waals surface area contributed by atoms with Gasteiger partial charge in [0.25, 0.3) is 11.5 Å². The van der Waals surface area contributed by atoms with Gasteiger partial charge >= 0.3 is 23.9 Å². The first-order valence-electron chi connectivity index (χ1n) is 12.9. The third-order valence-corrected chi connectivity index (χ3v) is 6.11. The molecule has 3 atom stereocenters. The zero-order valence-electron chi connectivity index (χ0n) is 23.1. The molecule has 3 rings (SSSR count). The summed E-state index contributed by atoms with van der Waals surface area (Å²) in [7, 11) is 0. The van der Waals surface area contributed by atoms with Gasteiger partial charge in [-0.15, -0.1) is 0 Å². The maximum absolute atomic E-state index is 12.3. The fourth-order valence-corrected chi connectivity index (χ4v) is 3.80. The molecule has 0 radical (unpaired) electrons. The number of nitrogens with two attached hydrogens (primary N) is 2. The molecule has 1 aromatic heterocycles. The molecule has 19 nitrogen and oxygen atoms in total. The Morgan fingerprint density at radius 3 is 2.18 bits per heavy atom. The number of benzene rings is 1. The van der Waals surface area contributed by atoms with E-state index in [1.54, 1.807) is 12.1 Å². The van der Waals surface area contributed by atoms with Crippen molar-refractivity contribution >= 4 is 59.3 Å². The molecular formula is C25H32N8O11. The van der Waals surface area contributed by atoms with Crippen molar-refractivity contribution in [3.8, 4) is 0 Å². The van der Waals surface area contributed by atoms with E-state index in [0.29, 0.717) is 18.6 Å². The Bertz CT molecular complexity index is 1430. The number of aromatic nitrogens is 2. The Kier molecular flexibility index (Phi) is 12.6. The number of hydrogen-bond donors (Lipinski definition) is 10. The number of hydrogen-bond acceptors (Lipinski definition) is 12. The van der Waals surface area contributed by atoms with Gasteiger partial charge in [-0.05, 0) is 37.1 Å². The van der Waals surface area contributed by atoms with E-state index in [9.17, 15) is 38.7 Å². The lowest BCUT2D eigenvalue weighted by Gasteiger charge is -2.34. The minimum Gasteiger partial charge on any atom is -0.481 e. The van der Waals surface area contributed by atoms with Gasteiger partial charge in [-0.1, -0.05) is 0 Å². The molecule has 0 saturated heterocycles. The van der Waals surface area contributed by atoms with E-state index in [1.807, 2.05) is 0 Å². The second-order valence-corrected chi connectivity index (χ2v) is 9.33. The number of nitrogens with zero attached hydrogens (tertiary/aromatic N) is 2. The number of rotatable bonds is 14. The summed E-state index contributed by atoms with van der Waals surface area (Å²) >= 11 is 0. The van der Waals surface area contributed by atoms with Crippen LogP contribution in [0.15, 0.2) is 29.1 Å². The van der Waals surface area contributed by atoms with Crippen LogP contribution in [0.3, 0.4) is 0 Å². The number of H-pyrrole nitrogens is 1. The van der Waals surface area contributed by atoms with E-state index < -0.39 is 59.9 Å². The smallest absolute Gasteiger partial charge is 0.326 e. The SMILES string of the molecule is NC(CCC(=O)O)C(=O)O.Nc1nc2c(c(=O)[nH]1)N(C=O)C(CNc1ccc(C(=O)NC(CCC(=O)O)C(=O)O)cc1)CN2. The first kappa shape index (κ1) is 34.5. The third kappa shape index (κ3) is 10.3. The quantitative estimate of drug-likeness (QED) is 0.108. The molecule has 2 aromatic rings. The Balaban J connectivity index is 0.000000580. The van der Waals surface area contributed by atoms with Crippen LogP contribution in [-0.4, -0.2) is 97.8 Å². The molecule has 44 heavy (non-hydrogen) atoms. The van der Waals surface area contributed by atoms with Crippen molar-refractivity contribution in [3.63, 3.8) is 0 Å². The highest BCUT2D eigenvalue weighted by Crippen LogP contribution is 2.25. The van der Waals surface area contributed by atoms with E-state index in [4.69, 9.17) is 26.8 Å². The number of aromatic amines is 1. The summed E-state index contributed by atoms with van der Waals surface area (Å²) in [5.41, 5.74) is 10.8. The number of anilines is 4. The molecule has 0 aliphatic carbocycles. The molecular weight excluding hydrogens is 588 g/mol. The first-order chi connectivity index (χ1) is 20.7. The average Bonchev–Trinajstić information content (AvgIpc) is 2.96. The predicted molar refractivity (Wildman–Crippen MR) is 153 cm³/mol. The number of carbonyl (C=O) groups excluding carboxylic acids is 2. The largest absolute Gasteiger partial charge is 0.481 e. The molecule has 0 saturated carbocycles. The molecule has 1 aliphatic rings. The van der Waals surface area contributed by atoms with E-state index in [1.165, 1.54) is 17.0 Å². The van der Waals surface area contributed by atoms with Gasteiger partial charge in [-0.2, -0.15) is 4.98 Å². The number of nitrogens with one attached hydrogen (secondary N) is 4. The van der Waals surface area contributed by atoms with E-state index in [-0.39, 0.29) is 48.8 Å². The molecule has 12 N–H and O–H groups in total. The van der Waals surface area contributed by atoms with Gasteiger partial charge in [0.2, 0.25) is 12.4 Å². The van der Waals surface area contributed by atoms with Gasteiger partial charge in [0, 0.05) is 37.2 Å². The maximum Gasteiger partial charge on any atom is 0.326 e. The van der Waals surface area contributed by atoms with Gasteiger partial charge in [-0.3, -0.25) is 33.8 Å². The van der Waals surface area contributed by atoms with Crippen molar-refractivity contribution in [2.24, 2.45) is 5.73 Å². The van der Waals surface area contributed by atoms with Crippen LogP contribution in [0, 0.1) is 0 Å². The van der Waals surface area contributed by atoms with Crippen LogP contribution in [0.2, 0.25) is 0 Å². The van der Waals surface area contributed by atoms with Gasteiger partial charge < -0.3 is 52.7 Å². The third-order valence-electron chi connectivity index (χ3n) is 6.11. The summed E-state index contributed by atoms with van der Waals surface area (Å²) in [6.07, 6.45) is -0.325. The summed E-state index contributed by atoms with van der Waals surface area (Å²) in [6, 6.07) is 3.30. The molecule has 238 valence electrons. The van der Waals surface area contributed by atoms with E-state index in [0.717, 1.165) is 0 Å². The number of carbonyl (C=O) groups is 6. The van der Waals surface area contributed by atoms with Crippen LogP contribution in [0.25, 0.3) is 0 Å². The number of aliphatic carboxylic acids is 4. The van der Waals surface area contributed by atoms with Crippen molar-refractivity contribution in [1.29, 1.82) is 0 Å².